The van der Waals surface area contributed by atoms with Gasteiger partial charge < -0.3 is 9.67 Å². The van der Waals surface area contributed by atoms with Crippen LogP contribution in [0.25, 0.3) is 0 Å². The number of aryl methyl sites for hydroxylation is 2. The largest absolute Gasteiger partial charge is 0.390 e. The third kappa shape index (κ3) is 2.48. The Hall–Kier alpha value is -1.03. The molecule has 0 aliphatic rings. The number of rotatable bonds is 3. The minimum Gasteiger partial charge on any atom is -0.390 e. The van der Waals surface area contributed by atoms with Gasteiger partial charge in [0.05, 0.1) is 5.60 Å². The van der Waals surface area contributed by atoms with E-state index in [0.29, 0.717) is 13.0 Å². The van der Waals surface area contributed by atoms with Crippen LogP contribution in [0.1, 0.15) is 26.0 Å². The molecule has 0 atom stereocenters. The second-order valence-corrected chi connectivity index (χ2v) is 4.38. The van der Waals surface area contributed by atoms with E-state index in [1.165, 1.54) is 0 Å². The molecule has 0 amide bonds. The number of nitrogens with zero attached hydrogens (tertiary/aromatic N) is 2. The predicted molar refractivity (Wildman–Crippen MR) is 55.3 cm³/mol. The zero-order valence-electron chi connectivity index (χ0n) is 9.24. The zero-order valence-corrected chi connectivity index (χ0v) is 9.24. The molecule has 0 unspecified atom stereocenters. The molecule has 80 valence electrons. The van der Waals surface area contributed by atoms with E-state index in [2.05, 4.69) is 0 Å². The smallest absolute Gasteiger partial charge is 0.328 e. The van der Waals surface area contributed by atoms with Gasteiger partial charge in [0.2, 0.25) is 0 Å². The van der Waals surface area contributed by atoms with E-state index < -0.39 is 5.60 Å². The van der Waals surface area contributed by atoms with Crippen LogP contribution in [0.15, 0.2) is 11.0 Å². The molecule has 0 aromatic carbocycles. The molecule has 0 saturated heterocycles. The normalized spacial score (nSPS) is 12.1. The minimum atomic E-state index is -0.721. The highest BCUT2D eigenvalue weighted by Crippen LogP contribution is 2.09. The van der Waals surface area contributed by atoms with Gasteiger partial charge in [0.25, 0.3) is 0 Å². The van der Waals surface area contributed by atoms with Gasteiger partial charge in [-0.3, -0.25) is 4.57 Å². The van der Waals surface area contributed by atoms with Gasteiger partial charge in [0, 0.05) is 25.5 Å². The van der Waals surface area contributed by atoms with E-state index in [1.807, 2.05) is 6.92 Å². The van der Waals surface area contributed by atoms with Crippen molar-refractivity contribution in [2.75, 3.05) is 0 Å². The highest BCUT2D eigenvalue weighted by Gasteiger charge is 2.14. The van der Waals surface area contributed by atoms with E-state index in [-0.39, 0.29) is 5.69 Å². The van der Waals surface area contributed by atoms with Crippen molar-refractivity contribution in [1.82, 2.24) is 9.13 Å². The van der Waals surface area contributed by atoms with Gasteiger partial charge in [-0.05, 0) is 27.2 Å². The van der Waals surface area contributed by atoms with E-state index in [0.717, 1.165) is 5.69 Å². The average Bonchev–Trinajstić information content (AvgIpc) is 2.23. The topological polar surface area (TPSA) is 47.2 Å². The lowest BCUT2D eigenvalue weighted by Crippen LogP contribution is -2.27. The Labute approximate surface area is 83.8 Å². The molecule has 0 aliphatic heterocycles. The Morgan fingerprint density at radius 3 is 2.43 bits per heavy atom. The molecule has 1 aromatic heterocycles. The van der Waals surface area contributed by atoms with Crippen LogP contribution >= 0.6 is 0 Å². The number of hydrogen-bond donors (Lipinski definition) is 1. The highest BCUT2D eigenvalue weighted by molar-refractivity contribution is 4.97. The fraction of sp³-hybridized carbons (Fsp3) is 0.700. The molecular formula is C10H18N2O2. The van der Waals surface area contributed by atoms with Gasteiger partial charge in [0.1, 0.15) is 0 Å². The molecule has 1 N–H and O–H groups in total. The first-order chi connectivity index (χ1) is 6.31. The third-order valence-corrected chi connectivity index (χ3v) is 2.29. The second-order valence-electron chi connectivity index (χ2n) is 4.38. The second kappa shape index (κ2) is 3.61. The summed E-state index contributed by atoms with van der Waals surface area (Å²) in [6.45, 7) is 5.95. The summed E-state index contributed by atoms with van der Waals surface area (Å²) in [5.74, 6) is 0. The van der Waals surface area contributed by atoms with Crippen LogP contribution in [0.4, 0.5) is 0 Å². The molecular weight excluding hydrogens is 180 g/mol. The molecule has 1 heterocycles. The first kappa shape index (κ1) is 11.0. The molecule has 0 aliphatic carbocycles. The summed E-state index contributed by atoms with van der Waals surface area (Å²) in [5.41, 5.74) is 0.190. The van der Waals surface area contributed by atoms with Gasteiger partial charge in [-0.15, -0.1) is 0 Å². The molecule has 14 heavy (non-hydrogen) atoms. The van der Waals surface area contributed by atoms with Crippen LogP contribution in [0.3, 0.4) is 0 Å². The van der Waals surface area contributed by atoms with Crippen LogP contribution in [0.2, 0.25) is 0 Å². The highest BCUT2D eigenvalue weighted by atomic mass is 16.3. The van der Waals surface area contributed by atoms with Crippen LogP contribution < -0.4 is 5.69 Å². The van der Waals surface area contributed by atoms with E-state index in [1.54, 1.807) is 36.2 Å². The van der Waals surface area contributed by atoms with Gasteiger partial charge in [-0.2, -0.15) is 0 Å². The SMILES string of the molecule is Cc1cn(C)c(=O)n1CCC(C)(C)O. The van der Waals surface area contributed by atoms with Gasteiger partial charge in [0.15, 0.2) is 0 Å². The Morgan fingerprint density at radius 2 is 2.07 bits per heavy atom. The molecule has 4 heteroatoms. The van der Waals surface area contributed by atoms with Crippen molar-refractivity contribution in [3.05, 3.63) is 22.4 Å². The first-order valence-electron chi connectivity index (χ1n) is 4.76. The van der Waals surface area contributed by atoms with Crippen molar-refractivity contribution in [2.45, 2.75) is 39.3 Å². The van der Waals surface area contributed by atoms with Crippen molar-refractivity contribution in [1.29, 1.82) is 0 Å². The van der Waals surface area contributed by atoms with Gasteiger partial charge in [-0.1, -0.05) is 0 Å². The molecule has 0 saturated carbocycles. The maximum atomic E-state index is 11.6. The van der Waals surface area contributed by atoms with Crippen LogP contribution in [-0.4, -0.2) is 19.8 Å². The lowest BCUT2D eigenvalue weighted by atomic mass is 10.1. The molecule has 0 spiro atoms. The van der Waals surface area contributed by atoms with Crippen molar-refractivity contribution >= 4 is 0 Å². The maximum Gasteiger partial charge on any atom is 0.328 e. The Bertz CT molecular complexity index is 368. The minimum absolute atomic E-state index is 0.0215. The summed E-state index contributed by atoms with van der Waals surface area (Å²) in [6.07, 6.45) is 2.38. The van der Waals surface area contributed by atoms with E-state index in [9.17, 15) is 9.90 Å². The van der Waals surface area contributed by atoms with Crippen molar-refractivity contribution in [2.24, 2.45) is 7.05 Å². The summed E-state index contributed by atoms with van der Waals surface area (Å²) in [4.78, 5) is 11.6. The van der Waals surface area contributed by atoms with E-state index >= 15 is 0 Å². The molecule has 0 radical (unpaired) electrons. The number of aliphatic hydroxyl groups is 1. The lowest BCUT2D eigenvalue weighted by molar-refractivity contribution is 0.0657. The van der Waals surface area contributed by atoms with Crippen LogP contribution in [0.5, 0.6) is 0 Å². The van der Waals surface area contributed by atoms with Gasteiger partial charge in [-0.25, -0.2) is 4.79 Å². The standard InChI is InChI=1S/C10H18N2O2/c1-8-7-11(4)9(13)12(8)6-5-10(2,3)14/h7,14H,5-6H2,1-4H3. The Kier molecular flexibility index (Phi) is 2.85. The fourth-order valence-electron chi connectivity index (χ4n) is 1.40. The predicted octanol–water partition coefficient (Wildman–Crippen LogP) is 0.656. The summed E-state index contributed by atoms with van der Waals surface area (Å²) in [5, 5.41) is 9.55. The summed E-state index contributed by atoms with van der Waals surface area (Å²) in [6, 6.07) is 0. The number of imidazole rings is 1. The van der Waals surface area contributed by atoms with E-state index in [4.69, 9.17) is 0 Å². The zero-order chi connectivity index (χ0) is 10.9. The fourth-order valence-corrected chi connectivity index (χ4v) is 1.40. The average molecular weight is 198 g/mol. The number of aromatic nitrogens is 2. The summed E-state index contributed by atoms with van der Waals surface area (Å²) < 4.78 is 3.23. The monoisotopic (exact) mass is 198 g/mol. The summed E-state index contributed by atoms with van der Waals surface area (Å²) in [7, 11) is 1.73. The Morgan fingerprint density at radius 1 is 1.50 bits per heavy atom. The molecule has 1 rings (SSSR count). The maximum absolute atomic E-state index is 11.6. The molecule has 4 nitrogen and oxygen atoms in total. The van der Waals surface area contributed by atoms with Crippen molar-refractivity contribution in [3.8, 4) is 0 Å². The molecule has 0 fully saturated rings. The third-order valence-electron chi connectivity index (χ3n) is 2.29. The van der Waals surface area contributed by atoms with Crippen molar-refractivity contribution in [3.63, 3.8) is 0 Å². The molecule has 0 bridgehead atoms. The molecule has 1 aromatic rings. The summed E-state index contributed by atoms with van der Waals surface area (Å²) >= 11 is 0. The first-order valence-corrected chi connectivity index (χ1v) is 4.76. The van der Waals surface area contributed by atoms with Crippen LogP contribution in [0, 0.1) is 6.92 Å². The quantitative estimate of drug-likeness (QED) is 0.775. The number of hydrogen-bond acceptors (Lipinski definition) is 2. The lowest BCUT2D eigenvalue weighted by Gasteiger charge is -2.17. The van der Waals surface area contributed by atoms with Gasteiger partial charge >= 0.3 is 5.69 Å². The van der Waals surface area contributed by atoms with Crippen LogP contribution in [-0.2, 0) is 13.6 Å². The van der Waals surface area contributed by atoms with Crippen molar-refractivity contribution < 1.29 is 5.11 Å². The Balaban J connectivity index is 2.82.